The predicted octanol–water partition coefficient (Wildman–Crippen LogP) is 0.169. The number of aliphatic hydroxyl groups excluding tert-OH is 3. The van der Waals surface area contributed by atoms with Crippen LogP contribution in [0.4, 0.5) is 0 Å². The van der Waals surface area contributed by atoms with Crippen molar-refractivity contribution in [2.75, 3.05) is 35.4 Å². The lowest BCUT2D eigenvalue weighted by Gasteiger charge is -2.56. The van der Waals surface area contributed by atoms with E-state index in [1.165, 1.54) is 61.2 Å². The van der Waals surface area contributed by atoms with Crippen LogP contribution in [0.15, 0.2) is 18.2 Å². The van der Waals surface area contributed by atoms with Crippen LogP contribution in [-0.4, -0.2) is 208 Å². The molecular formula is C51H72N2O20. The third-order valence-corrected chi connectivity index (χ3v) is 16.6. The molecule has 406 valence electrons. The molecular weight excluding hydrogens is 961 g/mol. The molecule has 5 heterocycles. The summed E-state index contributed by atoms with van der Waals surface area (Å²) in [6.45, 7) is 12.7. The summed E-state index contributed by atoms with van der Waals surface area (Å²) in [5.74, 6) is -2.14. The van der Waals surface area contributed by atoms with Crippen molar-refractivity contribution in [1.29, 1.82) is 0 Å². The standard InChI is InChI=1S/C51H72N2O20/c1-19-37(58)49(6,61)42(64-12)45(67-19)71-36-27-22(17-48(5,60)41(36)63-11)16-24-28(32(27)55)33(56)29-23(31(24)54)14-15-25-35(29)70-44-34(57)30(53(9)10)40(51(25,8)73-44)69-26-18-47(4,52)39(21(3)66-26)72-46-43(65-13)50(7,62)38(59)20(2)68-46/h14-16,19-21,26,30,34,36-46,55,57-62H,17-18,52H2,1-13H3/t19-,20-,21-,26+,30-,34-,36+,37-,38-,39-,40-,41+,42-,43-,44-,45-,46-,47+,48+,49+,50+,51-/m1/s1. The smallest absolute Gasteiger partial charge is 0.228 e. The molecule has 0 amide bonds. The molecule has 22 nitrogen and oxygen atoms in total. The van der Waals surface area contributed by atoms with Crippen molar-refractivity contribution in [3.05, 3.63) is 57.1 Å². The summed E-state index contributed by atoms with van der Waals surface area (Å²) in [7, 11) is 7.51. The largest absolute Gasteiger partial charge is 0.507 e. The molecule has 4 saturated heterocycles. The molecule has 22 atom stereocenters. The number of ether oxygens (including phenoxy) is 11. The summed E-state index contributed by atoms with van der Waals surface area (Å²) in [4.78, 5) is 31.8. The minimum Gasteiger partial charge on any atom is -0.507 e. The van der Waals surface area contributed by atoms with Crippen molar-refractivity contribution < 1.29 is 97.4 Å². The first-order valence-corrected chi connectivity index (χ1v) is 24.7. The highest BCUT2D eigenvalue weighted by Gasteiger charge is 2.63. The topological polar surface area (TPSA) is 307 Å². The van der Waals surface area contributed by atoms with Crippen molar-refractivity contribution in [1.82, 2.24) is 4.90 Å². The van der Waals surface area contributed by atoms with Gasteiger partial charge in [-0.3, -0.25) is 9.59 Å². The second-order valence-electron chi connectivity index (χ2n) is 22.3. The Morgan fingerprint density at radius 1 is 0.712 bits per heavy atom. The molecule has 0 radical (unpaired) electrons. The number of phenolic OH excluding ortho intramolecular Hbond substituents is 1. The zero-order valence-corrected chi connectivity index (χ0v) is 43.4. The molecule has 2 bridgehead atoms. The highest BCUT2D eigenvalue weighted by atomic mass is 16.8. The summed E-state index contributed by atoms with van der Waals surface area (Å²) in [5, 5.41) is 80.6. The van der Waals surface area contributed by atoms with Crippen LogP contribution in [-0.2, 0) is 59.4 Å². The highest BCUT2D eigenvalue weighted by molar-refractivity contribution is 6.30. The molecule has 0 aromatic heterocycles. The van der Waals surface area contributed by atoms with E-state index in [0.717, 1.165) is 0 Å². The second-order valence-corrected chi connectivity index (χ2v) is 22.3. The van der Waals surface area contributed by atoms with E-state index in [1.807, 2.05) is 0 Å². The number of hydrogen-bond acceptors (Lipinski definition) is 22. The quantitative estimate of drug-likeness (QED) is 0.134. The van der Waals surface area contributed by atoms with Crippen molar-refractivity contribution in [3.63, 3.8) is 0 Å². The van der Waals surface area contributed by atoms with Crippen LogP contribution in [0, 0.1) is 0 Å². The molecule has 22 heteroatoms. The summed E-state index contributed by atoms with van der Waals surface area (Å²) in [6.07, 6.45) is -18.6. The van der Waals surface area contributed by atoms with E-state index < -0.39 is 150 Å². The maximum absolute atomic E-state index is 15.3. The van der Waals surface area contributed by atoms with Gasteiger partial charge in [0.2, 0.25) is 12.1 Å². The van der Waals surface area contributed by atoms with Crippen LogP contribution in [0.25, 0.3) is 0 Å². The highest BCUT2D eigenvalue weighted by Crippen LogP contribution is 2.55. The number of nitrogens with zero attached hydrogens (tertiary/aromatic N) is 1. The molecule has 2 aromatic rings. The Bertz CT molecular complexity index is 2480. The SMILES string of the molecule is CO[C@@H]1[C@@H](O[C@H]2c3c(cc4c(c3O)C(=O)c3c(ccc5c3O[C@@H]3O[C@@]5(C)[C@H](O[C@H]5C[C@](C)(N)[C@H](O[C@H]6O[C@H](C)[C@@H](O)[C@](C)(O)[C@@H]6OC)[C@@H](C)O5)[C@H](N(C)C)[C@H]3O)C4=O)C[C@](C)(O)[C@H]2OC)O[C@H](C)[C@@H](O)[C@]1(C)O. The number of likely N-dealkylation sites (N-methyl/N-ethyl adjacent to an activating group) is 1. The molecule has 73 heavy (non-hydrogen) atoms. The van der Waals surface area contributed by atoms with Crippen LogP contribution < -0.4 is 10.5 Å². The van der Waals surface area contributed by atoms with Gasteiger partial charge in [-0.25, -0.2) is 0 Å². The number of hydrogen-bond donors (Lipinski definition) is 8. The van der Waals surface area contributed by atoms with Crippen molar-refractivity contribution in [3.8, 4) is 11.5 Å². The fourth-order valence-electron chi connectivity index (χ4n) is 12.8. The number of phenols is 1. The van der Waals surface area contributed by atoms with Gasteiger partial charge in [0, 0.05) is 62.0 Å². The number of ketones is 2. The van der Waals surface area contributed by atoms with Gasteiger partial charge in [-0.2, -0.15) is 0 Å². The lowest BCUT2D eigenvalue weighted by Crippen LogP contribution is -2.71. The van der Waals surface area contributed by atoms with Crippen molar-refractivity contribution in [2.24, 2.45) is 5.73 Å². The number of carbonyl (C=O) groups excluding carboxylic acids is 2. The summed E-state index contributed by atoms with van der Waals surface area (Å²) >= 11 is 0. The Hall–Kier alpha value is -3.34. The van der Waals surface area contributed by atoms with Gasteiger partial charge in [0.15, 0.2) is 24.7 Å². The van der Waals surface area contributed by atoms with Crippen LogP contribution >= 0.6 is 0 Å². The van der Waals surface area contributed by atoms with Gasteiger partial charge < -0.3 is 98.5 Å². The third kappa shape index (κ3) is 8.39. The second kappa shape index (κ2) is 18.7. The lowest BCUT2D eigenvalue weighted by molar-refractivity contribution is -0.370. The van der Waals surface area contributed by atoms with Crippen molar-refractivity contribution >= 4 is 11.6 Å². The molecule has 0 saturated carbocycles. The van der Waals surface area contributed by atoms with E-state index in [1.54, 1.807) is 52.8 Å². The molecule has 4 fully saturated rings. The first-order valence-electron chi connectivity index (χ1n) is 24.7. The molecule has 0 spiro atoms. The fraction of sp³-hybridized carbons (Fsp3) is 0.725. The summed E-state index contributed by atoms with van der Waals surface area (Å²) < 4.78 is 68.3. The number of nitrogens with two attached hydrogens (primary N) is 1. The lowest BCUT2D eigenvalue weighted by atomic mass is 9.71. The van der Waals surface area contributed by atoms with Crippen LogP contribution in [0.1, 0.15) is 116 Å². The predicted molar refractivity (Wildman–Crippen MR) is 252 cm³/mol. The number of fused-ring (bicyclic) bond motifs is 8. The van der Waals surface area contributed by atoms with E-state index in [2.05, 4.69) is 0 Å². The molecule has 2 aliphatic carbocycles. The van der Waals surface area contributed by atoms with Gasteiger partial charge in [-0.05, 0) is 87.2 Å². The Kier molecular flexibility index (Phi) is 13.9. The zero-order valence-electron chi connectivity index (χ0n) is 43.4. The summed E-state index contributed by atoms with van der Waals surface area (Å²) in [5.41, 5.74) is -1.14. The van der Waals surface area contributed by atoms with Crippen LogP contribution in [0.2, 0.25) is 0 Å². The Balaban J connectivity index is 1.07. The average molecular weight is 1030 g/mol. The minimum atomic E-state index is -1.88. The molecule has 7 aliphatic rings. The third-order valence-electron chi connectivity index (χ3n) is 16.6. The van der Waals surface area contributed by atoms with Gasteiger partial charge in [-0.15, -0.1) is 0 Å². The van der Waals surface area contributed by atoms with Crippen LogP contribution in [0.3, 0.4) is 0 Å². The molecule has 2 aromatic carbocycles. The number of aliphatic hydroxyl groups is 6. The molecule has 9 rings (SSSR count). The Morgan fingerprint density at radius 2 is 1.29 bits per heavy atom. The fourth-order valence-corrected chi connectivity index (χ4v) is 12.8. The first-order chi connectivity index (χ1) is 34.0. The van der Waals surface area contributed by atoms with Gasteiger partial charge in [0.1, 0.15) is 83.2 Å². The maximum Gasteiger partial charge on any atom is 0.228 e. The van der Waals surface area contributed by atoms with E-state index in [-0.39, 0.29) is 57.5 Å². The zero-order chi connectivity index (χ0) is 53.6. The Morgan fingerprint density at radius 3 is 1.84 bits per heavy atom. The van der Waals surface area contributed by atoms with E-state index >= 15 is 4.79 Å². The normalized spacial score (nSPS) is 46.3. The number of carbonyl (C=O) groups is 2. The van der Waals surface area contributed by atoms with Gasteiger partial charge >= 0.3 is 0 Å². The van der Waals surface area contributed by atoms with Crippen LogP contribution in [0.5, 0.6) is 11.5 Å². The van der Waals surface area contributed by atoms with Gasteiger partial charge in [0.25, 0.3) is 0 Å². The number of benzene rings is 2. The molecule has 0 unspecified atom stereocenters. The summed E-state index contributed by atoms with van der Waals surface area (Å²) in [6, 6.07) is 3.70. The number of aromatic hydroxyl groups is 1. The Labute approximate surface area is 423 Å². The maximum atomic E-state index is 15.3. The monoisotopic (exact) mass is 1030 g/mol. The van der Waals surface area contributed by atoms with Gasteiger partial charge in [0.05, 0.1) is 41.1 Å². The average Bonchev–Trinajstić information content (AvgIpc) is 3.28. The van der Waals surface area contributed by atoms with E-state index in [4.69, 9.17) is 57.8 Å². The number of rotatable bonds is 10. The van der Waals surface area contributed by atoms with Crippen molar-refractivity contribution in [2.45, 2.75) is 201 Å². The molecule has 5 aliphatic heterocycles. The number of methoxy groups -OCH3 is 3. The van der Waals surface area contributed by atoms with Gasteiger partial charge in [-0.1, -0.05) is 6.07 Å². The molecule has 9 N–H and O–H groups in total. The first kappa shape index (κ1) is 54.4. The van der Waals surface area contributed by atoms with E-state index in [0.29, 0.717) is 0 Å². The van der Waals surface area contributed by atoms with E-state index in [9.17, 15) is 40.5 Å². The minimum absolute atomic E-state index is 0.0143.